The zero-order chi connectivity index (χ0) is 14.0. The third-order valence-corrected chi connectivity index (χ3v) is 3.80. The predicted octanol–water partition coefficient (Wildman–Crippen LogP) is 4.30. The fourth-order valence-electron chi connectivity index (χ4n) is 1.82. The van der Waals surface area contributed by atoms with Crippen molar-refractivity contribution in [2.24, 2.45) is 5.73 Å². The van der Waals surface area contributed by atoms with Crippen LogP contribution >= 0.6 is 27.5 Å². The second kappa shape index (κ2) is 5.90. The lowest BCUT2D eigenvalue weighted by Gasteiger charge is -2.16. The Morgan fingerprint density at radius 2 is 2.00 bits per heavy atom. The lowest BCUT2D eigenvalue weighted by atomic mass is 9.99. The Hall–Kier alpha value is -1.10. The average molecular weight is 345 g/mol. The molecule has 2 rings (SSSR count). The molecule has 1 atom stereocenters. The van der Waals surface area contributed by atoms with Crippen LogP contribution in [0.3, 0.4) is 0 Å². The van der Waals surface area contributed by atoms with Gasteiger partial charge in [0.15, 0.2) is 0 Å². The van der Waals surface area contributed by atoms with E-state index in [1.807, 2.05) is 0 Å². The minimum atomic E-state index is -0.629. The normalized spacial score (nSPS) is 12.3. The Balaban J connectivity index is 2.44. The quantitative estimate of drug-likeness (QED) is 0.901. The molecule has 0 aromatic heterocycles. The number of ether oxygens (including phenoxy) is 1. The van der Waals surface area contributed by atoms with Gasteiger partial charge in [-0.15, -0.1) is 0 Å². The summed E-state index contributed by atoms with van der Waals surface area (Å²) in [7, 11) is 1.55. The first-order chi connectivity index (χ1) is 9.04. The van der Waals surface area contributed by atoms with E-state index in [1.54, 1.807) is 43.5 Å². The Morgan fingerprint density at radius 3 is 2.63 bits per heavy atom. The molecule has 0 spiro atoms. The Morgan fingerprint density at radius 1 is 1.26 bits per heavy atom. The van der Waals surface area contributed by atoms with E-state index in [1.165, 1.54) is 0 Å². The second-order valence-electron chi connectivity index (χ2n) is 4.01. The van der Waals surface area contributed by atoms with Crippen LogP contribution in [0.4, 0.5) is 4.39 Å². The van der Waals surface area contributed by atoms with Crippen molar-refractivity contribution in [2.75, 3.05) is 7.11 Å². The number of hydrogen-bond acceptors (Lipinski definition) is 2. The van der Waals surface area contributed by atoms with Crippen LogP contribution in [0.25, 0.3) is 0 Å². The van der Waals surface area contributed by atoms with Gasteiger partial charge >= 0.3 is 0 Å². The molecule has 0 radical (unpaired) electrons. The molecule has 5 heteroatoms. The predicted molar refractivity (Wildman–Crippen MR) is 78.1 cm³/mol. The van der Waals surface area contributed by atoms with Crippen LogP contribution in [-0.4, -0.2) is 7.11 Å². The zero-order valence-corrected chi connectivity index (χ0v) is 12.5. The summed E-state index contributed by atoms with van der Waals surface area (Å²) < 4.78 is 19.5. The summed E-state index contributed by atoms with van der Waals surface area (Å²) in [6.07, 6.45) is 0. The van der Waals surface area contributed by atoms with E-state index in [0.29, 0.717) is 26.4 Å². The molecule has 19 heavy (non-hydrogen) atoms. The van der Waals surface area contributed by atoms with Gasteiger partial charge in [0.05, 0.1) is 17.6 Å². The van der Waals surface area contributed by atoms with Crippen LogP contribution in [0.5, 0.6) is 5.75 Å². The van der Waals surface area contributed by atoms with Gasteiger partial charge in [-0.2, -0.15) is 0 Å². The van der Waals surface area contributed by atoms with Crippen molar-refractivity contribution in [1.82, 2.24) is 0 Å². The van der Waals surface area contributed by atoms with Crippen molar-refractivity contribution in [3.63, 3.8) is 0 Å². The summed E-state index contributed by atoms with van der Waals surface area (Å²) in [5.41, 5.74) is 7.13. The SMILES string of the molecule is COc1ccc(C(N)c2cccc(Br)c2F)c(Cl)c1. The molecule has 0 fully saturated rings. The molecule has 0 saturated heterocycles. The van der Waals surface area contributed by atoms with Gasteiger partial charge < -0.3 is 10.5 Å². The summed E-state index contributed by atoms with van der Waals surface area (Å²) in [6.45, 7) is 0. The molecule has 100 valence electrons. The van der Waals surface area contributed by atoms with E-state index < -0.39 is 6.04 Å². The molecule has 0 aliphatic carbocycles. The topological polar surface area (TPSA) is 35.2 Å². The summed E-state index contributed by atoms with van der Waals surface area (Å²) >= 11 is 9.30. The van der Waals surface area contributed by atoms with Crippen molar-refractivity contribution < 1.29 is 9.13 Å². The second-order valence-corrected chi connectivity index (χ2v) is 5.27. The molecule has 2 aromatic carbocycles. The highest BCUT2D eigenvalue weighted by atomic mass is 79.9. The highest BCUT2D eigenvalue weighted by molar-refractivity contribution is 9.10. The number of hydrogen-bond donors (Lipinski definition) is 1. The largest absolute Gasteiger partial charge is 0.497 e. The molecule has 1 unspecified atom stereocenters. The van der Waals surface area contributed by atoms with Crippen molar-refractivity contribution in [1.29, 1.82) is 0 Å². The highest BCUT2D eigenvalue weighted by Crippen LogP contribution is 2.32. The van der Waals surface area contributed by atoms with Gasteiger partial charge in [0.1, 0.15) is 11.6 Å². The molecule has 2 nitrogen and oxygen atoms in total. The van der Waals surface area contributed by atoms with Gasteiger partial charge in [-0.25, -0.2) is 4.39 Å². The van der Waals surface area contributed by atoms with E-state index in [2.05, 4.69) is 15.9 Å². The molecule has 2 aromatic rings. The number of nitrogens with two attached hydrogens (primary N) is 1. The van der Waals surface area contributed by atoms with Gasteiger partial charge in [-0.1, -0.05) is 29.8 Å². The summed E-state index contributed by atoms with van der Waals surface area (Å²) in [6, 6.07) is 9.53. The lowest BCUT2D eigenvalue weighted by molar-refractivity contribution is 0.414. The third-order valence-electron chi connectivity index (χ3n) is 2.86. The average Bonchev–Trinajstić information content (AvgIpc) is 2.41. The van der Waals surface area contributed by atoms with Gasteiger partial charge in [0.25, 0.3) is 0 Å². The monoisotopic (exact) mass is 343 g/mol. The van der Waals surface area contributed by atoms with E-state index in [4.69, 9.17) is 22.1 Å². The molecule has 2 N–H and O–H groups in total. The minimum absolute atomic E-state index is 0.373. The fraction of sp³-hybridized carbons (Fsp3) is 0.143. The van der Waals surface area contributed by atoms with Gasteiger partial charge in [0, 0.05) is 10.6 Å². The maximum Gasteiger partial charge on any atom is 0.142 e. The number of methoxy groups -OCH3 is 1. The van der Waals surface area contributed by atoms with E-state index in [-0.39, 0.29) is 5.82 Å². The van der Waals surface area contributed by atoms with Gasteiger partial charge in [-0.3, -0.25) is 0 Å². The summed E-state index contributed by atoms with van der Waals surface area (Å²) in [4.78, 5) is 0. The summed E-state index contributed by atoms with van der Waals surface area (Å²) in [5, 5.41) is 0.450. The van der Waals surface area contributed by atoms with Crippen LogP contribution in [0.1, 0.15) is 17.2 Å². The molecular weight excluding hydrogens is 333 g/mol. The first-order valence-electron chi connectivity index (χ1n) is 5.57. The zero-order valence-electron chi connectivity index (χ0n) is 10.2. The maximum atomic E-state index is 14.0. The fourth-order valence-corrected chi connectivity index (χ4v) is 2.48. The van der Waals surface area contributed by atoms with Crippen LogP contribution in [0, 0.1) is 5.82 Å². The number of halogens is 3. The van der Waals surface area contributed by atoms with E-state index >= 15 is 0 Å². The van der Waals surface area contributed by atoms with Crippen LogP contribution < -0.4 is 10.5 Å². The van der Waals surface area contributed by atoms with Crippen LogP contribution in [-0.2, 0) is 0 Å². The van der Waals surface area contributed by atoms with Gasteiger partial charge in [-0.05, 0) is 39.7 Å². The van der Waals surface area contributed by atoms with Crippen LogP contribution in [0.15, 0.2) is 40.9 Å². The van der Waals surface area contributed by atoms with Crippen LogP contribution in [0.2, 0.25) is 5.02 Å². The van der Waals surface area contributed by atoms with E-state index in [9.17, 15) is 4.39 Å². The third kappa shape index (κ3) is 2.91. The Labute approximate surface area is 124 Å². The Bertz CT molecular complexity index is 606. The van der Waals surface area contributed by atoms with E-state index in [0.717, 1.165) is 0 Å². The molecule has 0 saturated carbocycles. The van der Waals surface area contributed by atoms with Crippen molar-refractivity contribution in [3.05, 3.63) is 62.8 Å². The van der Waals surface area contributed by atoms with Crippen molar-refractivity contribution >= 4 is 27.5 Å². The molecule has 0 amide bonds. The molecular formula is C14H12BrClFNO. The van der Waals surface area contributed by atoms with Crippen molar-refractivity contribution in [3.8, 4) is 5.75 Å². The minimum Gasteiger partial charge on any atom is -0.497 e. The molecule has 0 bridgehead atoms. The molecule has 0 heterocycles. The lowest BCUT2D eigenvalue weighted by Crippen LogP contribution is -2.14. The smallest absolute Gasteiger partial charge is 0.142 e. The first-order valence-corrected chi connectivity index (χ1v) is 6.74. The van der Waals surface area contributed by atoms with Crippen molar-refractivity contribution in [2.45, 2.75) is 6.04 Å². The van der Waals surface area contributed by atoms with Gasteiger partial charge in [0.2, 0.25) is 0 Å². The Kier molecular flexibility index (Phi) is 4.45. The standard InChI is InChI=1S/C14H12BrClFNO/c1-19-8-5-6-9(12(16)7-8)14(18)10-3-2-4-11(15)13(10)17/h2-7,14H,18H2,1H3. The summed E-state index contributed by atoms with van der Waals surface area (Å²) in [5.74, 6) is 0.262. The number of benzene rings is 2. The number of rotatable bonds is 3. The first kappa shape index (κ1) is 14.3. The molecule has 0 aliphatic rings. The highest BCUT2D eigenvalue weighted by Gasteiger charge is 2.18. The molecule has 0 aliphatic heterocycles. The maximum absolute atomic E-state index is 14.0.